The van der Waals surface area contributed by atoms with Gasteiger partial charge < -0.3 is 4.40 Å². The van der Waals surface area contributed by atoms with Gasteiger partial charge in [0, 0.05) is 43.5 Å². The molecule has 0 N–H and O–H groups in total. The Morgan fingerprint density at radius 2 is 0.866 bits per heavy atom. The second kappa shape index (κ2) is 13.5. The van der Waals surface area contributed by atoms with Crippen LogP contribution in [0.5, 0.6) is 0 Å². The van der Waals surface area contributed by atoms with E-state index in [0.29, 0.717) is 0 Å². The third-order valence-electron chi connectivity index (χ3n) is 17.2. The van der Waals surface area contributed by atoms with E-state index in [9.17, 15) is 0 Å². The molecule has 14 rings (SSSR count). The van der Waals surface area contributed by atoms with Crippen LogP contribution in [-0.2, 0) is 21.7 Å². The Kier molecular flexibility index (Phi) is 7.99. The molecular formula is C64H57N3. The first-order chi connectivity index (χ1) is 32.5. The van der Waals surface area contributed by atoms with Crippen LogP contribution in [0.25, 0.3) is 93.7 Å². The number of hydrogen-bond donors (Lipinski definition) is 0. The van der Waals surface area contributed by atoms with Crippen LogP contribution >= 0.6 is 0 Å². The van der Waals surface area contributed by atoms with Gasteiger partial charge in [0.1, 0.15) is 0 Å². The van der Waals surface area contributed by atoms with Crippen LogP contribution in [0.4, 0.5) is 0 Å². The molecule has 4 heterocycles. The molecule has 2 spiro atoms. The molecule has 0 bridgehead atoms. The molecule has 67 heavy (non-hydrogen) atoms. The van der Waals surface area contributed by atoms with Crippen LogP contribution in [0, 0.1) is 0 Å². The first kappa shape index (κ1) is 39.6. The van der Waals surface area contributed by atoms with E-state index in [1.807, 2.05) is 0 Å². The van der Waals surface area contributed by atoms with E-state index < -0.39 is 0 Å². The fourth-order valence-corrected chi connectivity index (χ4v) is 14.0. The minimum atomic E-state index is -0.0566. The summed E-state index contributed by atoms with van der Waals surface area (Å²) in [5.74, 6) is 0. The van der Waals surface area contributed by atoms with Gasteiger partial charge in [0.15, 0.2) is 0 Å². The van der Waals surface area contributed by atoms with Crippen LogP contribution in [0.15, 0.2) is 140 Å². The number of rotatable bonds is 3. The fourth-order valence-electron chi connectivity index (χ4n) is 14.0. The maximum Gasteiger partial charge on any atom is 0.0732 e. The summed E-state index contributed by atoms with van der Waals surface area (Å²) >= 11 is 0. The van der Waals surface area contributed by atoms with Crippen molar-refractivity contribution in [3.63, 3.8) is 0 Å². The van der Waals surface area contributed by atoms with Gasteiger partial charge in [0.25, 0.3) is 0 Å². The van der Waals surface area contributed by atoms with Gasteiger partial charge in [-0.25, -0.2) is 0 Å². The van der Waals surface area contributed by atoms with Crippen LogP contribution < -0.4 is 0 Å². The zero-order valence-electron chi connectivity index (χ0n) is 39.8. The molecular weight excluding hydrogens is 811 g/mol. The molecule has 0 saturated heterocycles. The van der Waals surface area contributed by atoms with Crippen molar-refractivity contribution < 1.29 is 0 Å². The van der Waals surface area contributed by atoms with Gasteiger partial charge in [-0.2, -0.15) is 0 Å². The smallest absolute Gasteiger partial charge is 0.0732 e. The zero-order chi connectivity index (χ0) is 45.2. The molecule has 0 unspecified atom stereocenters. The molecule has 328 valence electrons. The molecule has 4 aliphatic rings. The highest BCUT2D eigenvalue weighted by Gasteiger charge is 2.50. The molecule has 2 fully saturated rings. The van der Waals surface area contributed by atoms with Crippen LogP contribution in [-0.4, -0.2) is 14.4 Å². The van der Waals surface area contributed by atoms with Gasteiger partial charge >= 0.3 is 0 Å². The van der Waals surface area contributed by atoms with Crippen LogP contribution in [0.3, 0.4) is 0 Å². The van der Waals surface area contributed by atoms with Gasteiger partial charge in [-0.05, 0) is 115 Å². The van der Waals surface area contributed by atoms with Crippen molar-refractivity contribution in [2.24, 2.45) is 0 Å². The average Bonchev–Trinajstić information content (AvgIpc) is 4.21. The second-order valence-electron chi connectivity index (χ2n) is 22.8. The predicted molar refractivity (Wildman–Crippen MR) is 280 cm³/mol. The molecule has 4 aliphatic carbocycles. The summed E-state index contributed by atoms with van der Waals surface area (Å²) in [7, 11) is 0. The van der Waals surface area contributed by atoms with E-state index in [1.165, 1.54) is 153 Å². The predicted octanol–water partition coefficient (Wildman–Crippen LogP) is 16.9. The van der Waals surface area contributed by atoms with E-state index in [2.05, 4.69) is 186 Å². The minimum absolute atomic E-state index is 0.0154. The molecule has 0 radical (unpaired) electrons. The maximum atomic E-state index is 5.68. The van der Waals surface area contributed by atoms with Crippen molar-refractivity contribution in [2.75, 3.05) is 0 Å². The quantitative estimate of drug-likeness (QED) is 0.177. The summed E-state index contributed by atoms with van der Waals surface area (Å²) < 4.78 is 2.58. The van der Waals surface area contributed by atoms with Crippen molar-refractivity contribution in [1.29, 1.82) is 0 Å². The van der Waals surface area contributed by atoms with Gasteiger partial charge in [-0.3, -0.25) is 9.97 Å². The third kappa shape index (κ3) is 5.24. The molecule has 10 aromatic rings. The lowest BCUT2D eigenvalue weighted by Gasteiger charge is -2.26. The van der Waals surface area contributed by atoms with Crippen molar-refractivity contribution >= 4 is 38.1 Å². The first-order valence-corrected chi connectivity index (χ1v) is 25.1. The van der Waals surface area contributed by atoms with E-state index >= 15 is 0 Å². The average molecular weight is 868 g/mol. The number of nitrogens with zero attached hydrogens (tertiary/aromatic N) is 3. The number of fused-ring (bicyclic) bond motifs is 18. The number of benzene rings is 6. The van der Waals surface area contributed by atoms with Gasteiger partial charge in [-0.1, -0.05) is 182 Å². The van der Waals surface area contributed by atoms with Gasteiger partial charge in [0.2, 0.25) is 0 Å². The minimum Gasteiger partial charge on any atom is -0.305 e. The molecule has 4 aromatic heterocycles. The third-order valence-corrected chi connectivity index (χ3v) is 17.2. The van der Waals surface area contributed by atoms with Crippen molar-refractivity contribution in [3.8, 4) is 55.6 Å². The summed E-state index contributed by atoms with van der Waals surface area (Å²) in [5, 5.41) is 5.30. The van der Waals surface area contributed by atoms with E-state index in [4.69, 9.17) is 9.97 Å². The highest BCUT2D eigenvalue weighted by atomic mass is 15.0. The highest BCUT2D eigenvalue weighted by Crippen LogP contribution is 2.62. The summed E-state index contributed by atoms with van der Waals surface area (Å²) in [6, 6.07) is 49.1. The Bertz CT molecular complexity index is 3460. The summed E-state index contributed by atoms with van der Waals surface area (Å²) in [6.07, 6.45) is 14.1. The normalized spacial score (nSPS) is 16.9. The number of pyridine rings is 2. The molecule has 6 aromatic carbocycles. The second-order valence-corrected chi connectivity index (χ2v) is 22.8. The molecule has 0 amide bonds. The maximum absolute atomic E-state index is 5.68. The van der Waals surface area contributed by atoms with E-state index in [1.54, 1.807) is 0 Å². The Balaban J connectivity index is 1.18. The standard InChI is InChI=1S/C64H57N3/c1-61(2,3)41-24-26-49-45(34-41)56-54-47-32-40(53-43(38-18-9-7-10-19-38)22-17-23-44(53)39-20-11-8-12-21-39)33-48-55-52(67(58(47)48)51(54)36-65-59(56)63(49)28-13-14-29-63)37-66-60-57(55)46-35-42(62(4,5)6)25-27-50(46)64(60)30-15-16-31-64/h7-12,17-27,32-37H,13-16,28-31H2,1-6H3. The van der Waals surface area contributed by atoms with Crippen molar-refractivity contribution in [1.82, 2.24) is 14.4 Å². The topological polar surface area (TPSA) is 30.2 Å². The van der Waals surface area contributed by atoms with Crippen molar-refractivity contribution in [2.45, 2.75) is 115 Å². The van der Waals surface area contributed by atoms with Crippen molar-refractivity contribution in [3.05, 3.63) is 173 Å². The number of hydrogen-bond acceptors (Lipinski definition) is 2. The largest absolute Gasteiger partial charge is 0.305 e. The fraction of sp³-hybridized carbons (Fsp3) is 0.281. The molecule has 0 aliphatic heterocycles. The lowest BCUT2D eigenvalue weighted by molar-refractivity contribution is 0.532. The monoisotopic (exact) mass is 867 g/mol. The molecule has 3 heteroatoms. The first-order valence-electron chi connectivity index (χ1n) is 25.1. The summed E-state index contributed by atoms with van der Waals surface area (Å²) in [4.78, 5) is 11.4. The SMILES string of the molecule is CC(C)(C)c1ccc2c(c1)-c1c(ncc3c1c1cc(-c4c(-c5ccccc5)cccc4-c4ccccc4)cc4c5c6c(ncc5n3c14)C1(CCCC1)c1ccc(C(C)(C)C)cc1-6)C21CCCC1. The Morgan fingerprint density at radius 3 is 1.28 bits per heavy atom. The van der Waals surface area contributed by atoms with Gasteiger partial charge in [-0.15, -0.1) is 0 Å². The Hall–Kier alpha value is -6.58. The number of aromatic nitrogens is 3. The van der Waals surface area contributed by atoms with E-state index in [0.717, 1.165) is 25.7 Å². The molecule has 0 atom stereocenters. The molecule has 2 saturated carbocycles. The van der Waals surface area contributed by atoms with Crippen LogP contribution in [0.2, 0.25) is 0 Å². The highest BCUT2D eigenvalue weighted by molar-refractivity contribution is 6.30. The van der Waals surface area contributed by atoms with E-state index in [-0.39, 0.29) is 21.7 Å². The Morgan fingerprint density at radius 1 is 0.433 bits per heavy atom. The van der Waals surface area contributed by atoms with Crippen LogP contribution in [0.1, 0.15) is 127 Å². The Labute approximate surface area is 394 Å². The summed E-state index contributed by atoms with van der Waals surface area (Å²) in [5.41, 5.74) is 24.9. The lowest BCUT2D eigenvalue weighted by Crippen LogP contribution is -2.22. The zero-order valence-corrected chi connectivity index (χ0v) is 39.8. The molecule has 3 nitrogen and oxygen atoms in total. The lowest BCUT2D eigenvalue weighted by atomic mass is 9.78. The summed E-state index contributed by atoms with van der Waals surface area (Å²) in [6.45, 7) is 14.1. The van der Waals surface area contributed by atoms with Gasteiger partial charge in [0.05, 0.1) is 40.3 Å².